The number of amides is 1. The summed E-state index contributed by atoms with van der Waals surface area (Å²) in [6.45, 7) is 5.46. The van der Waals surface area contributed by atoms with Crippen molar-refractivity contribution in [3.8, 4) is 11.5 Å². The number of carbonyl (C=O) groups is 1. The molecule has 0 spiro atoms. The molecule has 130 valence electrons. The molecule has 1 N–H and O–H groups in total. The van der Waals surface area contributed by atoms with Crippen LogP contribution in [0.2, 0.25) is 0 Å². The van der Waals surface area contributed by atoms with E-state index in [1.54, 1.807) is 0 Å². The first-order valence-electron chi connectivity index (χ1n) is 8.31. The second-order valence-corrected chi connectivity index (χ2v) is 6.61. The zero-order chi connectivity index (χ0) is 17.6. The minimum Gasteiger partial charge on any atom is -0.494 e. The number of ether oxygens (including phenoxy) is 2. The summed E-state index contributed by atoms with van der Waals surface area (Å²) < 4.78 is 12.2. The van der Waals surface area contributed by atoms with Gasteiger partial charge in [0.05, 0.1) is 18.0 Å². The lowest BCUT2D eigenvalue weighted by Crippen LogP contribution is -2.27. The Labute approximate surface area is 151 Å². The molecule has 0 saturated heterocycles. The highest BCUT2D eigenvalue weighted by Gasteiger charge is 2.14. The Kier molecular flexibility index (Phi) is 5.56. The van der Waals surface area contributed by atoms with Crippen LogP contribution in [0.1, 0.15) is 22.2 Å². The van der Waals surface area contributed by atoms with Gasteiger partial charge in [-0.1, -0.05) is 18.2 Å². The number of hydrogen-bond donors (Lipinski definition) is 1. The lowest BCUT2D eigenvalue weighted by atomic mass is 10.1. The van der Waals surface area contributed by atoms with Crippen molar-refractivity contribution < 1.29 is 14.3 Å². The number of rotatable bonds is 7. The van der Waals surface area contributed by atoms with Crippen LogP contribution in [0.4, 0.5) is 0 Å². The quantitative estimate of drug-likeness (QED) is 0.638. The Morgan fingerprint density at radius 1 is 1.04 bits per heavy atom. The molecule has 0 saturated carbocycles. The molecule has 0 aliphatic rings. The summed E-state index contributed by atoms with van der Waals surface area (Å²) >= 11 is 1.53. The number of fused-ring (bicyclic) bond motifs is 1. The predicted octanol–water partition coefficient (Wildman–Crippen LogP) is 4.42. The summed E-state index contributed by atoms with van der Waals surface area (Å²) in [7, 11) is 0. The number of carbonyl (C=O) groups excluding carboxylic acids is 1. The first kappa shape index (κ1) is 17.3. The third kappa shape index (κ3) is 4.12. The molecular formula is C20H21NO3S. The van der Waals surface area contributed by atoms with E-state index in [-0.39, 0.29) is 5.91 Å². The minimum absolute atomic E-state index is 0.0472. The number of thiophene rings is 1. The first-order chi connectivity index (χ1) is 12.2. The van der Waals surface area contributed by atoms with Gasteiger partial charge in [0.1, 0.15) is 18.1 Å². The van der Waals surface area contributed by atoms with Gasteiger partial charge in [0, 0.05) is 4.70 Å². The van der Waals surface area contributed by atoms with E-state index in [0.29, 0.717) is 19.8 Å². The molecule has 0 bridgehead atoms. The van der Waals surface area contributed by atoms with Crippen LogP contribution in [0.5, 0.6) is 11.5 Å². The van der Waals surface area contributed by atoms with E-state index >= 15 is 0 Å². The van der Waals surface area contributed by atoms with Crippen LogP contribution in [0.25, 0.3) is 10.1 Å². The molecule has 2 aromatic carbocycles. The second-order valence-electron chi connectivity index (χ2n) is 5.56. The van der Waals surface area contributed by atoms with Gasteiger partial charge in [-0.05, 0) is 55.1 Å². The summed E-state index contributed by atoms with van der Waals surface area (Å²) in [4.78, 5) is 13.2. The van der Waals surface area contributed by atoms with Crippen molar-refractivity contribution in [1.29, 1.82) is 0 Å². The fraction of sp³-hybridized carbons (Fsp3) is 0.250. The smallest absolute Gasteiger partial charge is 0.261 e. The van der Waals surface area contributed by atoms with Gasteiger partial charge in [0.2, 0.25) is 0 Å². The molecule has 1 amide bonds. The number of aryl methyl sites for hydroxylation is 1. The zero-order valence-corrected chi connectivity index (χ0v) is 15.2. The highest BCUT2D eigenvalue weighted by molar-refractivity contribution is 7.21. The molecule has 4 nitrogen and oxygen atoms in total. The average molecular weight is 355 g/mol. The van der Waals surface area contributed by atoms with Crippen LogP contribution in [0, 0.1) is 6.92 Å². The normalized spacial score (nSPS) is 10.6. The molecule has 3 aromatic rings. The van der Waals surface area contributed by atoms with Crippen molar-refractivity contribution in [3.63, 3.8) is 0 Å². The van der Waals surface area contributed by atoms with Crippen molar-refractivity contribution in [2.24, 2.45) is 0 Å². The first-order valence-corrected chi connectivity index (χ1v) is 9.12. The van der Waals surface area contributed by atoms with Crippen LogP contribution in [0.15, 0.2) is 48.5 Å². The van der Waals surface area contributed by atoms with Crippen LogP contribution in [-0.4, -0.2) is 25.7 Å². The number of hydrogen-bond acceptors (Lipinski definition) is 4. The molecule has 0 unspecified atom stereocenters. The maximum Gasteiger partial charge on any atom is 0.261 e. The standard InChI is InChI=1S/C20H21NO3S/c1-3-23-15-8-10-16(11-9-15)24-13-12-21-20(22)19-14(2)17-6-4-5-7-18(17)25-19/h4-11H,3,12-13H2,1-2H3,(H,21,22). The van der Waals surface area contributed by atoms with Crippen LogP contribution in [-0.2, 0) is 0 Å². The molecular weight excluding hydrogens is 334 g/mol. The Morgan fingerprint density at radius 2 is 1.72 bits per heavy atom. The van der Waals surface area contributed by atoms with E-state index in [9.17, 15) is 4.79 Å². The summed E-state index contributed by atoms with van der Waals surface area (Å²) in [5, 5.41) is 4.07. The second kappa shape index (κ2) is 8.03. The molecule has 3 rings (SSSR count). The van der Waals surface area contributed by atoms with Crippen LogP contribution >= 0.6 is 11.3 Å². The maximum atomic E-state index is 12.4. The van der Waals surface area contributed by atoms with Gasteiger partial charge < -0.3 is 14.8 Å². The van der Waals surface area contributed by atoms with E-state index in [1.165, 1.54) is 11.3 Å². The molecule has 0 fully saturated rings. The number of benzene rings is 2. The van der Waals surface area contributed by atoms with E-state index < -0.39 is 0 Å². The topological polar surface area (TPSA) is 47.6 Å². The Morgan fingerprint density at radius 3 is 2.40 bits per heavy atom. The van der Waals surface area contributed by atoms with Crippen LogP contribution in [0.3, 0.4) is 0 Å². The van der Waals surface area contributed by atoms with E-state index in [0.717, 1.165) is 32.0 Å². The Bertz CT molecular complexity index is 855. The molecule has 25 heavy (non-hydrogen) atoms. The molecule has 1 aromatic heterocycles. The summed E-state index contributed by atoms with van der Waals surface area (Å²) in [5.74, 6) is 1.54. The van der Waals surface area contributed by atoms with Gasteiger partial charge in [0.25, 0.3) is 5.91 Å². The fourth-order valence-corrected chi connectivity index (χ4v) is 3.73. The molecule has 0 aliphatic carbocycles. The summed E-state index contributed by atoms with van der Waals surface area (Å²) in [5.41, 5.74) is 1.03. The Balaban J connectivity index is 1.51. The highest BCUT2D eigenvalue weighted by Crippen LogP contribution is 2.30. The lowest BCUT2D eigenvalue weighted by Gasteiger charge is -2.08. The van der Waals surface area contributed by atoms with Gasteiger partial charge in [-0.2, -0.15) is 0 Å². The third-order valence-electron chi connectivity index (χ3n) is 3.84. The monoisotopic (exact) mass is 355 g/mol. The minimum atomic E-state index is -0.0472. The Hall–Kier alpha value is -2.53. The average Bonchev–Trinajstić information content (AvgIpc) is 2.97. The van der Waals surface area contributed by atoms with E-state index in [4.69, 9.17) is 9.47 Å². The van der Waals surface area contributed by atoms with Gasteiger partial charge in [-0.3, -0.25) is 4.79 Å². The van der Waals surface area contributed by atoms with Gasteiger partial charge in [-0.25, -0.2) is 0 Å². The predicted molar refractivity (Wildman–Crippen MR) is 102 cm³/mol. The lowest BCUT2D eigenvalue weighted by molar-refractivity contribution is 0.0950. The third-order valence-corrected chi connectivity index (χ3v) is 5.11. The molecule has 0 atom stereocenters. The summed E-state index contributed by atoms with van der Waals surface area (Å²) in [6, 6.07) is 15.5. The largest absolute Gasteiger partial charge is 0.494 e. The van der Waals surface area contributed by atoms with Crippen molar-refractivity contribution in [3.05, 3.63) is 59.0 Å². The fourth-order valence-electron chi connectivity index (χ4n) is 2.60. The molecule has 0 radical (unpaired) electrons. The van der Waals surface area contributed by atoms with Gasteiger partial charge in [-0.15, -0.1) is 11.3 Å². The van der Waals surface area contributed by atoms with Crippen molar-refractivity contribution in [2.75, 3.05) is 19.8 Å². The summed E-state index contributed by atoms with van der Waals surface area (Å²) in [6.07, 6.45) is 0. The SMILES string of the molecule is CCOc1ccc(OCCNC(=O)c2sc3ccccc3c2C)cc1. The number of nitrogens with one attached hydrogen (secondary N) is 1. The van der Waals surface area contributed by atoms with Crippen LogP contribution < -0.4 is 14.8 Å². The van der Waals surface area contributed by atoms with E-state index in [2.05, 4.69) is 5.32 Å². The molecule has 5 heteroatoms. The molecule has 0 aliphatic heterocycles. The van der Waals surface area contributed by atoms with Gasteiger partial charge in [0.15, 0.2) is 0 Å². The molecule has 1 heterocycles. The van der Waals surface area contributed by atoms with E-state index in [1.807, 2.05) is 62.4 Å². The maximum absolute atomic E-state index is 12.4. The van der Waals surface area contributed by atoms with Crippen molar-refractivity contribution in [1.82, 2.24) is 5.32 Å². The highest BCUT2D eigenvalue weighted by atomic mass is 32.1. The van der Waals surface area contributed by atoms with Crippen molar-refractivity contribution in [2.45, 2.75) is 13.8 Å². The van der Waals surface area contributed by atoms with Gasteiger partial charge >= 0.3 is 0 Å². The zero-order valence-electron chi connectivity index (χ0n) is 14.4. The van der Waals surface area contributed by atoms with Crippen molar-refractivity contribution >= 4 is 27.3 Å².